The number of aromatic nitrogens is 2. The van der Waals surface area contributed by atoms with Crippen molar-refractivity contribution in [1.29, 1.82) is 0 Å². The van der Waals surface area contributed by atoms with Crippen LogP contribution in [0.1, 0.15) is 0 Å². The van der Waals surface area contributed by atoms with Crippen molar-refractivity contribution in [3.8, 4) is 22.3 Å². The van der Waals surface area contributed by atoms with Crippen molar-refractivity contribution in [1.82, 2.24) is 9.97 Å². The molecule has 1 aromatic heterocycles. The second kappa shape index (κ2) is 5.45. The molecule has 0 saturated carbocycles. The van der Waals surface area contributed by atoms with E-state index < -0.39 is 0 Å². The molecule has 0 atom stereocenters. The lowest BCUT2D eigenvalue weighted by atomic mass is 10.00. The molecule has 0 unspecified atom stereocenters. The molecule has 112 valence electrons. The van der Waals surface area contributed by atoms with Gasteiger partial charge in [0.2, 0.25) is 0 Å². The molecule has 4 heteroatoms. The van der Waals surface area contributed by atoms with Crippen molar-refractivity contribution in [3.05, 3.63) is 82.2 Å². The molecule has 0 amide bonds. The molecule has 2 N–H and O–H groups in total. The summed E-state index contributed by atoms with van der Waals surface area (Å²) in [7, 11) is 0. The first-order valence-corrected chi connectivity index (χ1v) is 7.66. The van der Waals surface area contributed by atoms with E-state index in [-0.39, 0.29) is 5.69 Å². The molecule has 0 bridgehead atoms. The zero-order valence-corrected chi connectivity index (χ0v) is 12.9. The van der Waals surface area contributed by atoms with Crippen molar-refractivity contribution < 1.29 is 0 Å². The van der Waals surface area contributed by atoms with Crippen LogP contribution in [0, 0.1) is 0 Å². The Morgan fingerprint density at radius 1 is 0.696 bits per heavy atom. The number of aromatic amines is 2. The highest BCUT2D eigenvalue weighted by atomic mass is 35.5. The highest BCUT2D eigenvalue weighted by molar-refractivity contribution is 6.34. The highest BCUT2D eigenvalue weighted by Crippen LogP contribution is 2.32. The highest BCUT2D eigenvalue weighted by Gasteiger charge is 2.08. The van der Waals surface area contributed by atoms with Gasteiger partial charge in [0.15, 0.2) is 0 Å². The molecule has 0 aliphatic rings. The summed E-state index contributed by atoms with van der Waals surface area (Å²) < 4.78 is 0. The standard InChI is InChI=1S/C19H13ClN2O/c20-16-11-18-17(21-19(23)22-18)10-15(16)14-8-6-13(7-9-14)12-4-2-1-3-5-12/h1-11H,(H2,21,22,23). The van der Waals surface area contributed by atoms with E-state index in [9.17, 15) is 4.79 Å². The van der Waals surface area contributed by atoms with E-state index in [1.165, 1.54) is 5.56 Å². The summed E-state index contributed by atoms with van der Waals surface area (Å²) in [6.45, 7) is 0. The predicted octanol–water partition coefficient (Wildman–Crippen LogP) is 4.84. The molecular weight excluding hydrogens is 308 g/mol. The third-order valence-corrected chi connectivity index (χ3v) is 4.22. The van der Waals surface area contributed by atoms with Crippen molar-refractivity contribution >= 4 is 22.6 Å². The summed E-state index contributed by atoms with van der Waals surface area (Å²) in [5.41, 5.74) is 5.48. The Bertz CT molecular complexity index is 1030. The molecule has 0 radical (unpaired) electrons. The van der Waals surface area contributed by atoms with Gasteiger partial charge in [0.1, 0.15) is 0 Å². The van der Waals surface area contributed by atoms with Crippen LogP contribution in [0.4, 0.5) is 0 Å². The summed E-state index contributed by atoms with van der Waals surface area (Å²) in [6, 6.07) is 22.1. The number of fused-ring (bicyclic) bond motifs is 1. The van der Waals surface area contributed by atoms with Gasteiger partial charge in [-0.1, -0.05) is 66.2 Å². The van der Waals surface area contributed by atoms with Crippen LogP contribution >= 0.6 is 11.6 Å². The van der Waals surface area contributed by atoms with Gasteiger partial charge in [-0.2, -0.15) is 0 Å². The van der Waals surface area contributed by atoms with Crippen LogP contribution < -0.4 is 5.69 Å². The van der Waals surface area contributed by atoms with Crippen LogP contribution in [0.3, 0.4) is 0 Å². The van der Waals surface area contributed by atoms with Gasteiger partial charge in [0.25, 0.3) is 0 Å². The number of hydrogen-bond donors (Lipinski definition) is 2. The average Bonchev–Trinajstić information content (AvgIpc) is 2.94. The molecule has 23 heavy (non-hydrogen) atoms. The van der Waals surface area contributed by atoms with Crippen molar-refractivity contribution in [2.75, 3.05) is 0 Å². The first-order chi connectivity index (χ1) is 11.2. The predicted molar refractivity (Wildman–Crippen MR) is 94.8 cm³/mol. The Labute approximate surface area is 137 Å². The molecular formula is C19H13ClN2O. The van der Waals surface area contributed by atoms with Gasteiger partial charge < -0.3 is 9.97 Å². The Hall–Kier alpha value is -2.78. The largest absolute Gasteiger partial charge is 0.323 e. The molecule has 1 heterocycles. The van der Waals surface area contributed by atoms with Gasteiger partial charge in [-0.05, 0) is 28.8 Å². The number of hydrogen-bond acceptors (Lipinski definition) is 1. The van der Waals surface area contributed by atoms with Crippen LogP contribution in [0.25, 0.3) is 33.3 Å². The van der Waals surface area contributed by atoms with E-state index in [2.05, 4.69) is 34.2 Å². The first-order valence-electron chi connectivity index (χ1n) is 7.28. The minimum absolute atomic E-state index is 0.229. The van der Waals surface area contributed by atoms with Crippen LogP contribution in [-0.4, -0.2) is 9.97 Å². The fourth-order valence-electron chi connectivity index (χ4n) is 2.75. The van der Waals surface area contributed by atoms with Crippen molar-refractivity contribution in [2.45, 2.75) is 0 Å². The smallest absolute Gasteiger partial charge is 0.306 e. The van der Waals surface area contributed by atoms with Gasteiger partial charge >= 0.3 is 5.69 Å². The maximum absolute atomic E-state index is 11.4. The van der Waals surface area contributed by atoms with Crippen molar-refractivity contribution in [2.24, 2.45) is 0 Å². The van der Waals surface area contributed by atoms with Crippen molar-refractivity contribution in [3.63, 3.8) is 0 Å². The normalized spacial score (nSPS) is 11.0. The molecule has 4 aromatic rings. The van der Waals surface area contributed by atoms with E-state index in [4.69, 9.17) is 11.6 Å². The monoisotopic (exact) mass is 320 g/mol. The maximum atomic E-state index is 11.4. The fourth-order valence-corrected chi connectivity index (χ4v) is 3.02. The molecule has 3 nitrogen and oxygen atoms in total. The van der Waals surface area contributed by atoms with Crippen LogP contribution in [-0.2, 0) is 0 Å². The lowest BCUT2D eigenvalue weighted by molar-refractivity contribution is 1.22. The van der Waals surface area contributed by atoms with Crippen LogP contribution in [0.2, 0.25) is 5.02 Å². The van der Waals surface area contributed by atoms with Gasteiger partial charge in [-0.25, -0.2) is 4.79 Å². The number of benzene rings is 3. The number of imidazole rings is 1. The fraction of sp³-hybridized carbons (Fsp3) is 0. The Kier molecular flexibility index (Phi) is 3.28. The quantitative estimate of drug-likeness (QED) is 0.545. The third kappa shape index (κ3) is 2.56. The SMILES string of the molecule is O=c1[nH]c2cc(Cl)c(-c3ccc(-c4ccccc4)cc3)cc2[nH]1. The maximum Gasteiger partial charge on any atom is 0.323 e. The molecule has 4 rings (SSSR count). The molecule has 0 saturated heterocycles. The van der Waals surface area contributed by atoms with Crippen LogP contribution in [0.15, 0.2) is 71.5 Å². The lowest BCUT2D eigenvalue weighted by Crippen LogP contribution is -1.99. The van der Waals surface area contributed by atoms with Gasteiger partial charge in [0, 0.05) is 5.56 Å². The van der Waals surface area contributed by atoms with E-state index in [0.717, 1.165) is 22.2 Å². The molecule has 0 aliphatic heterocycles. The van der Waals surface area contributed by atoms with E-state index in [1.807, 2.05) is 36.4 Å². The Morgan fingerprint density at radius 2 is 1.26 bits per heavy atom. The molecule has 0 aliphatic carbocycles. The van der Waals surface area contributed by atoms with Gasteiger partial charge in [-0.3, -0.25) is 0 Å². The topological polar surface area (TPSA) is 48.6 Å². The zero-order chi connectivity index (χ0) is 15.8. The number of nitrogens with one attached hydrogen (secondary N) is 2. The summed E-state index contributed by atoms with van der Waals surface area (Å²) in [6.07, 6.45) is 0. The number of halogens is 1. The minimum atomic E-state index is -0.229. The summed E-state index contributed by atoms with van der Waals surface area (Å²) in [5.74, 6) is 0. The van der Waals surface area contributed by atoms with E-state index in [1.54, 1.807) is 6.07 Å². The Morgan fingerprint density at radius 3 is 1.96 bits per heavy atom. The molecule has 0 fully saturated rings. The van der Waals surface area contributed by atoms with Crippen LogP contribution in [0.5, 0.6) is 0 Å². The first kappa shape index (κ1) is 13.9. The molecule has 3 aromatic carbocycles. The summed E-state index contributed by atoms with van der Waals surface area (Å²) in [5, 5.41) is 0.611. The number of rotatable bonds is 2. The van der Waals surface area contributed by atoms with E-state index in [0.29, 0.717) is 10.5 Å². The van der Waals surface area contributed by atoms with Gasteiger partial charge in [0.05, 0.1) is 16.1 Å². The van der Waals surface area contributed by atoms with Gasteiger partial charge in [-0.15, -0.1) is 0 Å². The summed E-state index contributed by atoms with van der Waals surface area (Å²) >= 11 is 6.37. The Balaban J connectivity index is 1.79. The number of H-pyrrole nitrogens is 2. The third-order valence-electron chi connectivity index (χ3n) is 3.91. The molecule has 0 spiro atoms. The minimum Gasteiger partial charge on any atom is -0.306 e. The zero-order valence-electron chi connectivity index (χ0n) is 12.1. The second-order valence-electron chi connectivity index (χ2n) is 5.40. The lowest BCUT2D eigenvalue weighted by Gasteiger charge is -2.07. The second-order valence-corrected chi connectivity index (χ2v) is 5.81. The average molecular weight is 321 g/mol. The summed E-state index contributed by atoms with van der Waals surface area (Å²) in [4.78, 5) is 16.9. The van der Waals surface area contributed by atoms with E-state index >= 15 is 0 Å².